The summed E-state index contributed by atoms with van der Waals surface area (Å²) in [5.41, 5.74) is 12.0. The van der Waals surface area contributed by atoms with E-state index in [1.807, 2.05) is 18.2 Å². The average Bonchev–Trinajstić information content (AvgIpc) is 3.07. The van der Waals surface area contributed by atoms with Crippen molar-refractivity contribution >= 4 is 35.8 Å². The van der Waals surface area contributed by atoms with E-state index in [1.54, 1.807) is 14.2 Å². The van der Waals surface area contributed by atoms with Gasteiger partial charge in [0.15, 0.2) is 17.5 Å². The molecule has 8 nitrogen and oxygen atoms in total. The van der Waals surface area contributed by atoms with Crippen molar-refractivity contribution in [3.8, 4) is 11.5 Å². The van der Waals surface area contributed by atoms with Crippen LogP contribution in [-0.2, 0) is 16.1 Å². The Morgan fingerprint density at radius 2 is 2.00 bits per heavy atom. The van der Waals surface area contributed by atoms with E-state index in [0.717, 1.165) is 12.0 Å². The maximum atomic E-state index is 11.1. The van der Waals surface area contributed by atoms with E-state index in [1.165, 1.54) is 0 Å². The van der Waals surface area contributed by atoms with E-state index < -0.39 is 12.0 Å². The molecular formula is C16H25IN4O4. The van der Waals surface area contributed by atoms with Crippen LogP contribution in [0, 0.1) is 0 Å². The lowest BCUT2D eigenvalue weighted by Crippen LogP contribution is -2.38. The normalized spacial score (nSPS) is 19.8. The van der Waals surface area contributed by atoms with Gasteiger partial charge in [-0.3, -0.25) is 4.79 Å². The second-order valence-corrected chi connectivity index (χ2v) is 5.50. The van der Waals surface area contributed by atoms with Gasteiger partial charge in [-0.15, -0.1) is 24.0 Å². The zero-order chi connectivity index (χ0) is 17.5. The average molecular weight is 464 g/mol. The molecule has 2 atom stereocenters. The quantitative estimate of drug-likeness (QED) is 0.311. The first kappa shape index (κ1) is 21.3. The van der Waals surface area contributed by atoms with Crippen molar-refractivity contribution in [2.45, 2.75) is 31.6 Å². The summed E-state index contributed by atoms with van der Waals surface area (Å²) in [5, 5.41) is 3.00. The molecule has 1 aromatic rings. The third-order valence-corrected chi connectivity index (χ3v) is 3.82. The number of ether oxygens (including phenoxy) is 3. The number of nitrogens with one attached hydrogen (secondary N) is 1. The molecule has 1 fully saturated rings. The Labute approximate surface area is 164 Å². The second kappa shape index (κ2) is 10.3. The SMILES string of the molecule is COc1ccc(CN=C(N)NCC2CCC(C(N)=O)O2)cc1OC.I. The lowest BCUT2D eigenvalue weighted by Gasteiger charge is -2.13. The maximum absolute atomic E-state index is 11.1. The van der Waals surface area contributed by atoms with Crippen molar-refractivity contribution in [2.75, 3.05) is 20.8 Å². The van der Waals surface area contributed by atoms with Crippen molar-refractivity contribution in [3.05, 3.63) is 23.8 Å². The van der Waals surface area contributed by atoms with E-state index in [4.69, 9.17) is 25.7 Å². The van der Waals surface area contributed by atoms with Crippen LogP contribution in [0.1, 0.15) is 18.4 Å². The smallest absolute Gasteiger partial charge is 0.246 e. The highest BCUT2D eigenvalue weighted by atomic mass is 127. The summed E-state index contributed by atoms with van der Waals surface area (Å²) in [6.45, 7) is 0.902. The number of aliphatic imine (C=N–C) groups is 1. The topological polar surface area (TPSA) is 121 Å². The van der Waals surface area contributed by atoms with Gasteiger partial charge in [0.1, 0.15) is 6.10 Å². The van der Waals surface area contributed by atoms with Crippen molar-refractivity contribution in [2.24, 2.45) is 16.5 Å². The van der Waals surface area contributed by atoms with Gasteiger partial charge >= 0.3 is 0 Å². The third-order valence-electron chi connectivity index (χ3n) is 3.82. The largest absolute Gasteiger partial charge is 0.493 e. The van der Waals surface area contributed by atoms with Crippen molar-refractivity contribution in [1.82, 2.24) is 5.32 Å². The van der Waals surface area contributed by atoms with E-state index >= 15 is 0 Å². The molecule has 1 aliphatic rings. The lowest BCUT2D eigenvalue weighted by atomic mass is 10.2. The number of amides is 1. The minimum atomic E-state index is -0.498. The van der Waals surface area contributed by atoms with Gasteiger partial charge in [-0.05, 0) is 30.5 Å². The van der Waals surface area contributed by atoms with Crippen LogP contribution in [0.2, 0.25) is 0 Å². The molecule has 0 aromatic heterocycles. The van der Waals surface area contributed by atoms with Crippen LogP contribution in [0.3, 0.4) is 0 Å². The Hall–Kier alpha value is -1.75. The fourth-order valence-corrected chi connectivity index (χ4v) is 2.49. The first-order valence-corrected chi connectivity index (χ1v) is 7.73. The molecule has 0 radical (unpaired) electrons. The minimum absolute atomic E-state index is 0. The Kier molecular flexibility index (Phi) is 8.76. The fraction of sp³-hybridized carbons (Fsp3) is 0.500. The Bertz CT molecular complexity index is 612. The van der Waals surface area contributed by atoms with Crippen LogP contribution in [0.5, 0.6) is 11.5 Å². The molecule has 25 heavy (non-hydrogen) atoms. The summed E-state index contributed by atoms with van der Waals surface area (Å²) in [6, 6.07) is 5.58. The van der Waals surface area contributed by atoms with Gasteiger partial charge in [-0.25, -0.2) is 4.99 Å². The Morgan fingerprint density at radius 3 is 2.60 bits per heavy atom. The molecule has 2 rings (SSSR count). The summed E-state index contributed by atoms with van der Waals surface area (Å²) >= 11 is 0. The molecule has 0 spiro atoms. The lowest BCUT2D eigenvalue weighted by molar-refractivity contribution is -0.128. The zero-order valence-corrected chi connectivity index (χ0v) is 16.7. The van der Waals surface area contributed by atoms with Crippen LogP contribution in [0.25, 0.3) is 0 Å². The molecule has 0 bridgehead atoms. The highest BCUT2D eigenvalue weighted by molar-refractivity contribution is 14.0. The van der Waals surface area contributed by atoms with Crippen LogP contribution < -0.4 is 26.3 Å². The number of carbonyl (C=O) groups is 1. The number of halogens is 1. The summed E-state index contributed by atoms with van der Waals surface area (Å²) in [7, 11) is 3.17. The highest BCUT2D eigenvalue weighted by Gasteiger charge is 2.28. The van der Waals surface area contributed by atoms with E-state index in [-0.39, 0.29) is 30.1 Å². The van der Waals surface area contributed by atoms with Gasteiger partial charge in [-0.2, -0.15) is 0 Å². The number of carbonyl (C=O) groups excluding carboxylic acids is 1. The van der Waals surface area contributed by atoms with Gasteiger partial charge in [0, 0.05) is 6.54 Å². The van der Waals surface area contributed by atoms with E-state index in [2.05, 4.69) is 10.3 Å². The number of rotatable bonds is 7. The molecule has 1 saturated heterocycles. The first-order chi connectivity index (χ1) is 11.5. The van der Waals surface area contributed by atoms with Gasteiger partial charge in [0.05, 0.1) is 26.9 Å². The molecule has 1 amide bonds. The van der Waals surface area contributed by atoms with Crippen LogP contribution >= 0.6 is 24.0 Å². The molecule has 1 aliphatic heterocycles. The minimum Gasteiger partial charge on any atom is -0.493 e. The summed E-state index contributed by atoms with van der Waals surface area (Å²) in [5.74, 6) is 1.20. The molecule has 1 heterocycles. The number of nitrogens with two attached hydrogens (primary N) is 2. The number of methoxy groups -OCH3 is 2. The summed E-state index contributed by atoms with van der Waals surface area (Å²) in [4.78, 5) is 15.3. The molecular weight excluding hydrogens is 439 g/mol. The van der Waals surface area contributed by atoms with E-state index in [0.29, 0.717) is 37.0 Å². The third kappa shape index (κ3) is 6.24. The van der Waals surface area contributed by atoms with Gasteiger partial charge in [0.2, 0.25) is 5.91 Å². The number of nitrogens with zero attached hydrogens (tertiary/aromatic N) is 1. The number of guanidine groups is 1. The molecule has 1 aromatic carbocycles. The molecule has 5 N–H and O–H groups in total. The summed E-state index contributed by atoms with van der Waals surface area (Å²) in [6.07, 6.45) is 0.826. The van der Waals surface area contributed by atoms with Crippen LogP contribution in [0.15, 0.2) is 23.2 Å². The van der Waals surface area contributed by atoms with Gasteiger partial charge in [-0.1, -0.05) is 6.07 Å². The van der Waals surface area contributed by atoms with Crippen molar-refractivity contribution in [3.63, 3.8) is 0 Å². The fourth-order valence-electron chi connectivity index (χ4n) is 2.49. The predicted octanol–water partition coefficient (Wildman–Crippen LogP) is 0.759. The van der Waals surface area contributed by atoms with Crippen molar-refractivity contribution in [1.29, 1.82) is 0 Å². The van der Waals surface area contributed by atoms with Gasteiger partial charge in [0.25, 0.3) is 0 Å². The molecule has 2 unspecified atom stereocenters. The van der Waals surface area contributed by atoms with Gasteiger partial charge < -0.3 is 31.0 Å². The van der Waals surface area contributed by atoms with E-state index in [9.17, 15) is 4.79 Å². The van der Waals surface area contributed by atoms with Crippen LogP contribution in [-0.4, -0.2) is 44.8 Å². The number of hydrogen-bond donors (Lipinski definition) is 3. The van der Waals surface area contributed by atoms with Crippen molar-refractivity contribution < 1.29 is 19.0 Å². The Morgan fingerprint density at radius 1 is 1.28 bits per heavy atom. The number of benzene rings is 1. The number of hydrogen-bond acceptors (Lipinski definition) is 5. The molecule has 140 valence electrons. The second-order valence-electron chi connectivity index (χ2n) is 5.50. The zero-order valence-electron chi connectivity index (χ0n) is 14.4. The number of primary amides is 1. The Balaban J connectivity index is 0.00000312. The first-order valence-electron chi connectivity index (χ1n) is 7.73. The standard InChI is InChI=1S/C16H24N4O4.HI/c1-22-12-5-3-10(7-14(12)23-2)8-19-16(18)20-9-11-4-6-13(24-11)15(17)21;/h3,5,7,11,13H,4,6,8-9H2,1-2H3,(H2,17,21)(H3,18,19,20);1H. The molecule has 9 heteroatoms. The maximum Gasteiger partial charge on any atom is 0.246 e. The predicted molar refractivity (Wildman–Crippen MR) is 105 cm³/mol. The van der Waals surface area contributed by atoms with Crippen LogP contribution in [0.4, 0.5) is 0 Å². The monoisotopic (exact) mass is 464 g/mol. The summed E-state index contributed by atoms with van der Waals surface area (Å²) < 4.78 is 16.0. The molecule has 0 saturated carbocycles. The molecule has 0 aliphatic carbocycles. The highest BCUT2D eigenvalue weighted by Crippen LogP contribution is 2.27.